The molecule has 0 amide bonds. The average Bonchev–Trinajstić information content (AvgIpc) is 2.43. The zero-order valence-electron chi connectivity index (χ0n) is 13.2. The van der Waals surface area contributed by atoms with Gasteiger partial charge < -0.3 is 9.90 Å². The molecule has 0 saturated heterocycles. The van der Waals surface area contributed by atoms with Gasteiger partial charge in [0.25, 0.3) is 0 Å². The van der Waals surface area contributed by atoms with Gasteiger partial charge in [-0.2, -0.15) is 0 Å². The quantitative estimate of drug-likeness (QED) is 0.285. The van der Waals surface area contributed by atoms with Crippen molar-refractivity contribution in [2.45, 2.75) is 71.1 Å². The average molecular weight is 336 g/mol. The van der Waals surface area contributed by atoms with Crippen LogP contribution in [-0.2, 0) is 21.3 Å². The summed E-state index contributed by atoms with van der Waals surface area (Å²) in [5, 5.41) is 10.2. The summed E-state index contributed by atoms with van der Waals surface area (Å²) in [7, 11) is 0. The number of hydrogen-bond donors (Lipinski definition) is 0. The first-order valence-corrected chi connectivity index (χ1v) is 7.92. The summed E-state index contributed by atoms with van der Waals surface area (Å²) < 4.78 is 0. The number of carbonyl (C=O) groups excluding carboxylic acids is 1. The SMILES string of the molecule is CC/C=C\C/C=C\C/C=C\CCCCCCCC(=O)[O-].[Ni]. The number of unbranched alkanes of at least 4 members (excludes halogenated alkanes) is 5. The number of carboxylic acids is 1. The fourth-order valence-corrected chi connectivity index (χ4v) is 1.89. The monoisotopic (exact) mass is 335 g/mol. The predicted octanol–water partition coefficient (Wildman–Crippen LogP) is 4.32. The topological polar surface area (TPSA) is 40.1 Å². The van der Waals surface area contributed by atoms with Crippen LogP contribution in [0.25, 0.3) is 0 Å². The smallest absolute Gasteiger partial charge is 0.0414 e. The number of carboxylic acid groups (broad SMARTS) is 1. The maximum Gasteiger partial charge on any atom is 0.0414 e. The zero-order valence-corrected chi connectivity index (χ0v) is 14.2. The fraction of sp³-hybridized carbons (Fsp3) is 0.611. The van der Waals surface area contributed by atoms with Crippen LogP contribution in [0.15, 0.2) is 36.5 Å². The first-order valence-electron chi connectivity index (χ1n) is 7.92. The number of aliphatic carboxylic acids is 1. The molecule has 0 aliphatic heterocycles. The molecule has 0 fully saturated rings. The van der Waals surface area contributed by atoms with Crippen LogP contribution in [0.2, 0.25) is 0 Å². The molecule has 124 valence electrons. The second-order valence-electron chi connectivity index (χ2n) is 4.97. The second kappa shape index (κ2) is 19.2. The van der Waals surface area contributed by atoms with E-state index in [0.717, 1.165) is 44.9 Å². The van der Waals surface area contributed by atoms with Gasteiger partial charge in [-0.25, -0.2) is 0 Å². The molecule has 0 rings (SSSR count). The van der Waals surface area contributed by atoms with E-state index in [9.17, 15) is 9.90 Å². The molecule has 0 aliphatic carbocycles. The summed E-state index contributed by atoms with van der Waals surface area (Å²) in [4.78, 5) is 10.2. The van der Waals surface area contributed by atoms with Crippen LogP contribution in [0.4, 0.5) is 0 Å². The van der Waals surface area contributed by atoms with Crippen molar-refractivity contribution >= 4 is 5.97 Å². The first-order chi connectivity index (χ1) is 9.77. The molecule has 0 aliphatic rings. The molecule has 21 heavy (non-hydrogen) atoms. The Morgan fingerprint density at radius 1 is 0.810 bits per heavy atom. The van der Waals surface area contributed by atoms with Gasteiger partial charge in [0, 0.05) is 22.5 Å². The van der Waals surface area contributed by atoms with Gasteiger partial charge in [-0.15, -0.1) is 0 Å². The van der Waals surface area contributed by atoms with Crippen molar-refractivity contribution in [1.29, 1.82) is 0 Å². The third-order valence-corrected chi connectivity index (χ3v) is 3.03. The Labute approximate surface area is 140 Å². The Kier molecular flexibility index (Phi) is 20.5. The Balaban J connectivity index is 0. The summed E-state index contributed by atoms with van der Waals surface area (Å²) in [6, 6.07) is 0. The van der Waals surface area contributed by atoms with E-state index in [1.54, 1.807) is 0 Å². The van der Waals surface area contributed by atoms with E-state index in [0.29, 0.717) is 0 Å². The predicted molar refractivity (Wildman–Crippen MR) is 84.3 cm³/mol. The van der Waals surface area contributed by atoms with Crippen LogP contribution in [0.1, 0.15) is 71.1 Å². The summed E-state index contributed by atoms with van der Waals surface area (Å²) in [6.45, 7) is 2.15. The summed E-state index contributed by atoms with van der Waals surface area (Å²) in [5.41, 5.74) is 0. The molecule has 0 spiro atoms. The molecule has 0 saturated carbocycles. The van der Waals surface area contributed by atoms with Crippen LogP contribution in [0, 0.1) is 0 Å². The molecule has 3 heteroatoms. The van der Waals surface area contributed by atoms with Gasteiger partial charge in [-0.1, -0.05) is 62.6 Å². The molecule has 0 radical (unpaired) electrons. The molecule has 0 aromatic heterocycles. The van der Waals surface area contributed by atoms with Crippen molar-refractivity contribution in [3.8, 4) is 0 Å². The van der Waals surface area contributed by atoms with Gasteiger partial charge in [0.1, 0.15) is 0 Å². The van der Waals surface area contributed by atoms with Gasteiger partial charge in [-0.3, -0.25) is 0 Å². The van der Waals surface area contributed by atoms with E-state index in [1.165, 1.54) is 12.8 Å². The third kappa shape index (κ3) is 21.6. The van der Waals surface area contributed by atoms with Crippen molar-refractivity contribution in [2.75, 3.05) is 0 Å². The van der Waals surface area contributed by atoms with E-state index in [4.69, 9.17) is 0 Å². The number of carbonyl (C=O) groups is 1. The number of hydrogen-bond acceptors (Lipinski definition) is 2. The summed E-state index contributed by atoms with van der Waals surface area (Å²) in [5.74, 6) is -0.925. The Hall–Kier alpha value is -0.816. The Morgan fingerprint density at radius 2 is 1.33 bits per heavy atom. The molecule has 0 N–H and O–H groups in total. The van der Waals surface area contributed by atoms with Crippen molar-refractivity contribution in [2.24, 2.45) is 0 Å². The van der Waals surface area contributed by atoms with Gasteiger partial charge in [0.05, 0.1) is 0 Å². The zero-order chi connectivity index (χ0) is 14.9. The van der Waals surface area contributed by atoms with Gasteiger partial charge in [0.2, 0.25) is 0 Å². The molecule has 0 aromatic carbocycles. The molecule has 0 atom stereocenters. The first kappa shape index (κ1) is 22.5. The van der Waals surface area contributed by atoms with E-state index in [2.05, 4.69) is 43.4 Å². The van der Waals surface area contributed by atoms with E-state index in [-0.39, 0.29) is 22.9 Å². The fourth-order valence-electron chi connectivity index (χ4n) is 1.89. The van der Waals surface area contributed by atoms with Crippen LogP contribution < -0.4 is 5.11 Å². The molecule has 0 bridgehead atoms. The van der Waals surface area contributed by atoms with Gasteiger partial charge >= 0.3 is 0 Å². The van der Waals surface area contributed by atoms with Crippen LogP contribution in [0.3, 0.4) is 0 Å². The minimum atomic E-state index is -0.925. The minimum Gasteiger partial charge on any atom is -0.550 e. The largest absolute Gasteiger partial charge is 0.550 e. The van der Waals surface area contributed by atoms with Gasteiger partial charge in [0.15, 0.2) is 0 Å². The van der Waals surface area contributed by atoms with Gasteiger partial charge in [-0.05, 0) is 44.9 Å². The molecule has 0 unspecified atom stereocenters. The van der Waals surface area contributed by atoms with Crippen molar-refractivity contribution in [3.63, 3.8) is 0 Å². The van der Waals surface area contributed by atoms with Crippen molar-refractivity contribution < 1.29 is 26.4 Å². The van der Waals surface area contributed by atoms with Crippen LogP contribution in [0.5, 0.6) is 0 Å². The maximum atomic E-state index is 10.2. The Bertz CT molecular complexity index is 306. The molecule has 2 nitrogen and oxygen atoms in total. The van der Waals surface area contributed by atoms with Crippen molar-refractivity contribution in [3.05, 3.63) is 36.5 Å². The molecular weight excluding hydrogens is 307 g/mol. The summed E-state index contributed by atoms with van der Waals surface area (Å²) >= 11 is 0. The Morgan fingerprint density at radius 3 is 1.95 bits per heavy atom. The maximum absolute atomic E-state index is 10.2. The molecule has 0 heterocycles. The molecule has 0 aromatic rings. The van der Waals surface area contributed by atoms with Crippen LogP contribution >= 0.6 is 0 Å². The minimum absolute atomic E-state index is 0. The normalized spacial score (nSPS) is 11.5. The van der Waals surface area contributed by atoms with E-state index in [1.807, 2.05) is 0 Å². The van der Waals surface area contributed by atoms with E-state index >= 15 is 0 Å². The van der Waals surface area contributed by atoms with E-state index < -0.39 is 5.97 Å². The number of rotatable bonds is 13. The number of allylic oxidation sites excluding steroid dienone is 6. The molecular formula is C18H29NiO2-. The second-order valence-corrected chi connectivity index (χ2v) is 4.97. The third-order valence-electron chi connectivity index (χ3n) is 3.03. The summed E-state index contributed by atoms with van der Waals surface area (Å²) in [6.07, 6.45) is 23.0. The standard InChI is InChI=1S/C18H30O2.Ni/c1-2-3-4-5-6-7-8-9-10-11-12-13-14-15-16-17-18(19)20;/h3-4,6-7,9-10H,2,5,8,11-17H2,1H3,(H,19,20);/p-1/b4-3-,7-6-,10-9-;. The van der Waals surface area contributed by atoms with Crippen LogP contribution in [-0.4, -0.2) is 5.97 Å². The van der Waals surface area contributed by atoms with Crippen molar-refractivity contribution in [1.82, 2.24) is 0 Å².